The van der Waals surface area contributed by atoms with Crippen molar-refractivity contribution in [2.45, 2.75) is 20.4 Å². The summed E-state index contributed by atoms with van der Waals surface area (Å²) in [6.07, 6.45) is 0. The molecule has 4 aromatic rings. The molecular weight excluding hydrogens is 390 g/mol. The number of anilines is 1. The monoisotopic (exact) mass is 413 g/mol. The Kier molecular flexibility index (Phi) is 5.54. The molecule has 0 aliphatic carbocycles. The lowest BCUT2D eigenvalue weighted by molar-refractivity contribution is -0.117. The summed E-state index contributed by atoms with van der Waals surface area (Å²) < 4.78 is 6.42. The number of amides is 1. The summed E-state index contributed by atoms with van der Waals surface area (Å²) in [4.78, 5) is 25.7. The molecule has 0 aliphatic rings. The largest absolute Gasteiger partial charge is 0.497 e. The molecule has 31 heavy (non-hydrogen) atoms. The molecule has 0 bridgehead atoms. The van der Waals surface area contributed by atoms with Crippen molar-refractivity contribution in [3.05, 3.63) is 88.2 Å². The van der Waals surface area contributed by atoms with E-state index in [0.29, 0.717) is 22.5 Å². The van der Waals surface area contributed by atoms with Crippen LogP contribution in [0.15, 0.2) is 71.5 Å². The molecule has 4 rings (SSSR count). The van der Waals surface area contributed by atoms with Crippen LogP contribution in [0.2, 0.25) is 0 Å². The molecule has 0 radical (unpaired) electrons. The third kappa shape index (κ3) is 4.19. The van der Waals surface area contributed by atoms with Crippen LogP contribution >= 0.6 is 0 Å². The van der Waals surface area contributed by atoms with Crippen LogP contribution in [0.3, 0.4) is 0 Å². The lowest BCUT2D eigenvalue weighted by atomic mass is 9.99. The van der Waals surface area contributed by atoms with E-state index in [1.807, 2.05) is 44.2 Å². The standard InChI is InChI=1S/C25H23N3O3/c1-16-11-12-17(2)22(13-16)24-20-9-4-5-10-21(20)25(30)28(27-24)15-23(29)26-18-7-6-8-19(14-18)31-3/h4-14H,15H2,1-3H3,(H,26,29). The molecule has 1 N–H and O–H groups in total. The van der Waals surface area contributed by atoms with E-state index in [1.54, 1.807) is 37.4 Å². The van der Waals surface area contributed by atoms with Gasteiger partial charge in [-0.1, -0.05) is 42.0 Å². The SMILES string of the molecule is COc1cccc(NC(=O)Cn2nc(-c3cc(C)ccc3C)c3ccccc3c2=O)c1. The van der Waals surface area contributed by atoms with Crippen molar-refractivity contribution in [3.63, 3.8) is 0 Å². The molecule has 0 unspecified atom stereocenters. The highest BCUT2D eigenvalue weighted by molar-refractivity contribution is 5.95. The number of aromatic nitrogens is 2. The van der Waals surface area contributed by atoms with Gasteiger partial charge in [-0.05, 0) is 43.7 Å². The predicted molar refractivity (Wildman–Crippen MR) is 123 cm³/mol. The number of hydrogen-bond donors (Lipinski definition) is 1. The number of ether oxygens (including phenoxy) is 1. The minimum Gasteiger partial charge on any atom is -0.497 e. The first kappa shape index (κ1) is 20.3. The van der Waals surface area contributed by atoms with Gasteiger partial charge in [0.25, 0.3) is 5.56 Å². The molecule has 1 aromatic heterocycles. The molecular formula is C25H23N3O3. The summed E-state index contributed by atoms with van der Waals surface area (Å²) in [6.45, 7) is 3.83. The Morgan fingerprint density at radius 2 is 1.77 bits per heavy atom. The highest BCUT2D eigenvalue weighted by Gasteiger charge is 2.16. The first-order valence-electron chi connectivity index (χ1n) is 9.97. The summed E-state index contributed by atoms with van der Waals surface area (Å²) in [5.41, 5.74) is 4.07. The zero-order valence-electron chi connectivity index (χ0n) is 17.7. The highest BCUT2D eigenvalue weighted by Crippen LogP contribution is 2.28. The Labute approximate surface area is 180 Å². The number of aryl methyl sites for hydroxylation is 2. The molecule has 1 heterocycles. The van der Waals surface area contributed by atoms with Crippen LogP contribution in [-0.4, -0.2) is 22.8 Å². The molecule has 3 aromatic carbocycles. The molecule has 6 heteroatoms. The summed E-state index contributed by atoms with van der Waals surface area (Å²) in [6, 6.07) is 20.5. The maximum Gasteiger partial charge on any atom is 0.275 e. The Bertz CT molecular complexity index is 1340. The van der Waals surface area contributed by atoms with Crippen LogP contribution < -0.4 is 15.6 Å². The lowest BCUT2D eigenvalue weighted by Crippen LogP contribution is -2.30. The van der Waals surface area contributed by atoms with Crippen molar-refractivity contribution >= 4 is 22.4 Å². The van der Waals surface area contributed by atoms with Gasteiger partial charge in [0, 0.05) is 22.7 Å². The quantitative estimate of drug-likeness (QED) is 0.529. The fourth-order valence-electron chi connectivity index (χ4n) is 3.57. The Morgan fingerprint density at radius 1 is 1.00 bits per heavy atom. The zero-order valence-corrected chi connectivity index (χ0v) is 17.7. The van der Waals surface area contributed by atoms with Crippen molar-refractivity contribution in [3.8, 4) is 17.0 Å². The molecule has 156 valence electrons. The summed E-state index contributed by atoms with van der Waals surface area (Å²) in [5.74, 6) is 0.293. The van der Waals surface area contributed by atoms with Gasteiger partial charge in [0.05, 0.1) is 18.2 Å². The van der Waals surface area contributed by atoms with Gasteiger partial charge in [-0.2, -0.15) is 5.10 Å². The van der Waals surface area contributed by atoms with Gasteiger partial charge >= 0.3 is 0 Å². The zero-order chi connectivity index (χ0) is 22.0. The van der Waals surface area contributed by atoms with E-state index in [9.17, 15) is 9.59 Å². The van der Waals surface area contributed by atoms with Gasteiger partial charge in [-0.25, -0.2) is 4.68 Å². The second-order valence-corrected chi connectivity index (χ2v) is 7.46. The number of rotatable bonds is 5. The van der Waals surface area contributed by atoms with Crippen molar-refractivity contribution in [1.82, 2.24) is 9.78 Å². The number of carbonyl (C=O) groups excluding carboxylic acids is 1. The molecule has 1 amide bonds. The average Bonchev–Trinajstić information content (AvgIpc) is 2.77. The Morgan fingerprint density at radius 3 is 2.55 bits per heavy atom. The number of nitrogens with zero attached hydrogens (tertiary/aromatic N) is 2. The van der Waals surface area contributed by atoms with Crippen molar-refractivity contribution in [1.29, 1.82) is 0 Å². The molecule has 6 nitrogen and oxygen atoms in total. The maximum absolute atomic E-state index is 13.1. The van der Waals surface area contributed by atoms with Crippen LogP contribution in [0, 0.1) is 13.8 Å². The van der Waals surface area contributed by atoms with E-state index in [1.165, 1.54) is 4.68 Å². The predicted octanol–water partition coefficient (Wildman–Crippen LogP) is 4.33. The van der Waals surface area contributed by atoms with E-state index < -0.39 is 0 Å². The second kappa shape index (κ2) is 8.44. The third-order valence-corrected chi connectivity index (χ3v) is 5.16. The number of carbonyl (C=O) groups is 1. The molecule has 0 fully saturated rings. The summed E-state index contributed by atoms with van der Waals surface area (Å²) >= 11 is 0. The first-order chi connectivity index (χ1) is 15.0. The molecule has 0 saturated carbocycles. The van der Waals surface area contributed by atoms with Gasteiger partial charge < -0.3 is 10.1 Å². The topological polar surface area (TPSA) is 73.2 Å². The Hall–Kier alpha value is -3.93. The molecule has 0 atom stereocenters. The molecule has 0 saturated heterocycles. The third-order valence-electron chi connectivity index (χ3n) is 5.16. The number of hydrogen-bond acceptors (Lipinski definition) is 4. The van der Waals surface area contributed by atoms with E-state index in [2.05, 4.69) is 16.5 Å². The van der Waals surface area contributed by atoms with Crippen LogP contribution in [0.25, 0.3) is 22.0 Å². The summed E-state index contributed by atoms with van der Waals surface area (Å²) in [5, 5.41) is 8.71. The minimum atomic E-state index is -0.343. The van der Waals surface area contributed by atoms with Crippen molar-refractivity contribution in [2.75, 3.05) is 12.4 Å². The van der Waals surface area contributed by atoms with E-state index in [0.717, 1.165) is 22.1 Å². The van der Waals surface area contributed by atoms with Gasteiger partial charge in [-0.15, -0.1) is 0 Å². The number of fused-ring (bicyclic) bond motifs is 1. The second-order valence-electron chi connectivity index (χ2n) is 7.46. The molecule has 0 spiro atoms. The first-order valence-corrected chi connectivity index (χ1v) is 9.97. The number of methoxy groups -OCH3 is 1. The van der Waals surface area contributed by atoms with Crippen molar-refractivity contribution in [2.24, 2.45) is 0 Å². The van der Waals surface area contributed by atoms with Gasteiger partial charge in [0.15, 0.2) is 0 Å². The van der Waals surface area contributed by atoms with Crippen molar-refractivity contribution < 1.29 is 9.53 Å². The minimum absolute atomic E-state index is 0.196. The van der Waals surface area contributed by atoms with Crippen LogP contribution in [0.5, 0.6) is 5.75 Å². The van der Waals surface area contributed by atoms with E-state index >= 15 is 0 Å². The molecule has 0 aliphatic heterocycles. The normalized spacial score (nSPS) is 10.8. The number of nitrogens with one attached hydrogen (secondary N) is 1. The van der Waals surface area contributed by atoms with Crippen LogP contribution in [0.1, 0.15) is 11.1 Å². The average molecular weight is 413 g/mol. The summed E-state index contributed by atoms with van der Waals surface area (Å²) in [7, 11) is 1.56. The fourth-order valence-corrected chi connectivity index (χ4v) is 3.57. The van der Waals surface area contributed by atoms with Gasteiger partial charge in [-0.3, -0.25) is 9.59 Å². The van der Waals surface area contributed by atoms with Crippen LogP contribution in [-0.2, 0) is 11.3 Å². The van der Waals surface area contributed by atoms with Gasteiger partial charge in [0.2, 0.25) is 5.91 Å². The van der Waals surface area contributed by atoms with E-state index in [4.69, 9.17) is 4.74 Å². The smallest absolute Gasteiger partial charge is 0.275 e. The maximum atomic E-state index is 13.1. The van der Waals surface area contributed by atoms with Gasteiger partial charge in [0.1, 0.15) is 12.3 Å². The Balaban J connectivity index is 1.76. The van der Waals surface area contributed by atoms with Crippen LogP contribution in [0.4, 0.5) is 5.69 Å². The number of benzene rings is 3. The van der Waals surface area contributed by atoms with E-state index in [-0.39, 0.29) is 18.0 Å². The highest BCUT2D eigenvalue weighted by atomic mass is 16.5. The lowest BCUT2D eigenvalue weighted by Gasteiger charge is -2.13. The fraction of sp³-hybridized carbons (Fsp3) is 0.160.